The molecule has 0 N–H and O–H groups in total. The highest BCUT2D eigenvalue weighted by Crippen LogP contribution is 2.45. The number of fused-ring (bicyclic) bond motifs is 2. The first kappa shape index (κ1) is 18.6. The van der Waals surface area contributed by atoms with E-state index in [0.717, 1.165) is 22.6 Å². The van der Waals surface area contributed by atoms with Crippen LogP contribution >= 0.6 is 0 Å². The molecule has 4 rings (SSSR count). The Balaban J connectivity index is 2.26. The predicted octanol–water partition coefficient (Wildman–Crippen LogP) is 6.22. The van der Waals surface area contributed by atoms with Crippen LogP contribution in [-0.2, 0) is 0 Å². The summed E-state index contributed by atoms with van der Waals surface area (Å²) in [4.78, 5) is 0. The van der Waals surface area contributed by atoms with E-state index in [2.05, 4.69) is 86.4 Å². The molecule has 0 aromatic heterocycles. The van der Waals surface area contributed by atoms with Gasteiger partial charge in [-0.05, 0) is 32.8 Å². The van der Waals surface area contributed by atoms with E-state index < -0.39 is 8.07 Å². The summed E-state index contributed by atoms with van der Waals surface area (Å²) in [5, 5.41) is 6.14. The molecular weight excluding hydrogens is 360 g/mol. The van der Waals surface area contributed by atoms with E-state index in [9.17, 15) is 0 Å². The van der Waals surface area contributed by atoms with Gasteiger partial charge in [0.1, 0.15) is 11.5 Å². The zero-order valence-electron chi connectivity index (χ0n) is 17.2. The third-order valence-corrected chi connectivity index (χ3v) is 7.36. The van der Waals surface area contributed by atoms with Crippen molar-refractivity contribution in [3.63, 3.8) is 0 Å². The van der Waals surface area contributed by atoms with E-state index in [0.29, 0.717) is 0 Å². The maximum atomic E-state index is 6.09. The number of hydrogen-bond donors (Lipinski definition) is 0. The lowest BCUT2D eigenvalue weighted by atomic mass is 9.92. The third kappa shape index (κ3) is 2.96. The van der Waals surface area contributed by atoms with Crippen LogP contribution < -0.4 is 14.7 Å². The summed E-state index contributed by atoms with van der Waals surface area (Å²) in [5.74, 6) is 1.85. The van der Waals surface area contributed by atoms with Gasteiger partial charge in [-0.1, -0.05) is 80.3 Å². The summed E-state index contributed by atoms with van der Waals surface area (Å²) < 4.78 is 11.9. The third-order valence-electron chi connectivity index (χ3n) is 5.37. The van der Waals surface area contributed by atoms with Crippen LogP contribution in [0.5, 0.6) is 11.5 Å². The summed E-state index contributed by atoms with van der Waals surface area (Å²) in [6.45, 7) is 7.09. The molecule has 0 amide bonds. The molecule has 28 heavy (non-hydrogen) atoms. The molecule has 4 aromatic rings. The fourth-order valence-corrected chi connectivity index (χ4v) is 5.52. The average Bonchev–Trinajstić information content (AvgIpc) is 2.70. The average molecular weight is 387 g/mol. The minimum atomic E-state index is -1.64. The highest BCUT2D eigenvalue weighted by molar-refractivity contribution is 6.89. The maximum absolute atomic E-state index is 6.09. The first-order chi connectivity index (χ1) is 13.5. The highest BCUT2D eigenvalue weighted by atomic mass is 28.3. The van der Waals surface area contributed by atoms with Gasteiger partial charge in [-0.15, -0.1) is 0 Å². The first-order valence-electron chi connectivity index (χ1n) is 9.62. The minimum Gasteiger partial charge on any atom is -0.496 e. The van der Waals surface area contributed by atoms with E-state index in [1.54, 1.807) is 14.2 Å². The summed E-state index contributed by atoms with van der Waals surface area (Å²) in [6, 6.07) is 23.6. The summed E-state index contributed by atoms with van der Waals surface area (Å²) >= 11 is 0. The van der Waals surface area contributed by atoms with Crippen LogP contribution in [0.15, 0.2) is 66.7 Å². The van der Waals surface area contributed by atoms with E-state index in [1.807, 2.05) is 0 Å². The van der Waals surface area contributed by atoms with Crippen LogP contribution in [-0.4, -0.2) is 22.3 Å². The Kier molecular flexibility index (Phi) is 4.64. The molecule has 0 bridgehead atoms. The fraction of sp³-hybridized carbons (Fsp3) is 0.200. The number of benzene rings is 4. The molecule has 0 aliphatic heterocycles. The molecule has 4 aromatic carbocycles. The SMILES string of the molecule is COc1ccc2ccccc2c1-c1c(OC)c([Si](C)(C)C)cc2ccccc12. The molecular formula is C25H26O2Si. The molecule has 0 radical (unpaired) electrons. The van der Waals surface area contributed by atoms with E-state index in [4.69, 9.17) is 9.47 Å². The zero-order valence-corrected chi connectivity index (χ0v) is 18.2. The highest BCUT2D eigenvalue weighted by Gasteiger charge is 2.27. The molecule has 0 saturated heterocycles. The predicted molar refractivity (Wildman–Crippen MR) is 123 cm³/mol. The van der Waals surface area contributed by atoms with Gasteiger partial charge < -0.3 is 9.47 Å². The largest absolute Gasteiger partial charge is 0.496 e. The van der Waals surface area contributed by atoms with Gasteiger partial charge in [0, 0.05) is 11.1 Å². The molecule has 142 valence electrons. The monoisotopic (exact) mass is 386 g/mol. The van der Waals surface area contributed by atoms with Crippen molar-refractivity contribution in [2.45, 2.75) is 19.6 Å². The topological polar surface area (TPSA) is 18.5 Å². The molecule has 0 fully saturated rings. The number of ether oxygens (including phenoxy) is 2. The van der Waals surface area contributed by atoms with Crippen molar-refractivity contribution in [3.8, 4) is 22.6 Å². The van der Waals surface area contributed by atoms with Gasteiger partial charge in [0.2, 0.25) is 0 Å². The van der Waals surface area contributed by atoms with Crippen molar-refractivity contribution in [3.05, 3.63) is 66.7 Å². The molecule has 0 heterocycles. The van der Waals surface area contributed by atoms with Gasteiger partial charge in [-0.2, -0.15) is 0 Å². The Morgan fingerprint density at radius 1 is 0.643 bits per heavy atom. The number of hydrogen-bond acceptors (Lipinski definition) is 2. The van der Waals surface area contributed by atoms with Gasteiger partial charge in [-0.25, -0.2) is 0 Å². The van der Waals surface area contributed by atoms with E-state index in [1.165, 1.54) is 26.7 Å². The van der Waals surface area contributed by atoms with Crippen molar-refractivity contribution in [1.82, 2.24) is 0 Å². The van der Waals surface area contributed by atoms with Crippen LogP contribution in [0, 0.1) is 0 Å². The van der Waals surface area contributed by atoms with Crippen LogP contribution in [0.2, 0.25) is 19.6 Å². The second-order valence-corrected chi connectivity index (χ2v) is 13.2. The number of methoxy groups -OCH3 is 2. The van der Waals surface area contributed by atoms with Crippen molar-refractivity contribution in [2.24, 2.45) is 0 Å². The molecule has 0 atom stereocenters. The molecule has 0 aliphatic rings. The molecule has 0 aliphatic carbocycles. The van der Waals surface area contributed by atoms with Crippen molar-refractivity contribution in [2.75, 3.05) is 14.2 Å². The zero-order chi connectivity index (χ0) is 19.9. The second-order valence-electron chi connectivity index (χ2n) is 8.17. The van der Waals surface area contributed by atoms with Gasteiger partial charge in [0.25, 0.3) is 0 Å². The Labute approximate surface area is 167 Å². The lowest BCUT2D eigenvalue weighted by Crippen LogP contribution is -2.38. The normalized spacial score (nSPS) is 11.8. The maximum Gasteiger partial charge on any atom is 0.127 e. The summed E-state index contributed by atoms with van der Waals surface area (Å²) in [7, 11) is 1.89. The molecule has 0 unspecified atom stereocenters. The van der Waals surface area contributed by atoms with Crippen LogP contribution in [0.3, 0.4) is 0 Å². The first-order valence-corrected chi connectivity index (χ1v) is 13.1. The Morgan fingerprint density at radius 2 is 1.25 bits per heavy atom. The second kappa shape index (κ2) is 6.99. The molecule has 0 saturated carbocycles. The lowest BCUT2D eigenvalue weighted by molar-refractivity contribution is 0.412. The molecule has 3 heteroatoms. The Morgan fingerprint density at radius 3 is 1.86 bits per heavy atom. The van der Waals surface area contributed by atoms with Gasteiger partial charge in [0.15, 0.2) is 0 Å². The van der Waals surface area contributed by atoms with Gasteiger partial charge in [-0.3, -0.25) is 0 Å². The summed E-state index contributed by atoms with van der Waals surface area (Å²) in [5.41, 5.74) is 2.24. The van der Waals surface area contributed by atoms with Crippen molar-refractivity contribution in [1.29, 1.82) is 0 Å². The Bertz CT molecular complexity index is 1170. The standard InChI is InChI=1S/C25H26O2Si/c1-26-21-15-14-17-10-6-8-12-19(17)23(21)24-20-13-9-7-11-18(20)16-22(25(24)27-2)28(3,4)5/h6-16H,1-5H3. The Hall–Kier alpha value is -2.78. The van der Waals surface area contributed by atoms with Gasteiger partial charge in [0.05, 0.1) is 22.3 Å². The minimum absolute atomic E-state index is 0.870. The van der Waals surface area contributed by atoms with Crippen LogP contribution in [0.25, 0.3) is 32.7 Å². The van der Waals surface area contributed by atoms with Gasteiger partial charge >= 0.3 is 0 Å². The van der Waals surface area contributed by atoms with Crippen molar-refractivity contribution >= 4 is 34.8 Å². The smallest absolute Gasteiger partial charge is 0.127 e. The van der Waals surface area contributed by atoms with E-state index >= 15 is 0 Å². The quantitative estimate of drug-likeness (QED) is 0.388. The number of rotatable bonds is 4. The van der Waals surface area contributed by atoms with Crippen LogP contribution in [0.4, 0.5) is 0 Å². The van der Waals surface area contributed by atoms with Crippen molar-refractivity contribution < 1.29 is 9.47 Å². The molecule has 2 nitrogen and oxygen atoms in total. The molecule has 0 spiro atoms. The van der Waals surface area contributed by atoms with E-state index in [-0.39, 0.29) is 0 Å². The lowest BCUT2D eigenvalue weighted by Gasteiger charge is -2.25. The fourth-order valence-electron chi connectivity index (χ4n) is 4.03. The van der Waals surface area contributed by atoms with Crippen LogP contribution in [0.1, 0.15) is 0 Å². The summed E-state index contributed by atoms with van der Waals surface area (Å²) in [6.07, 6.45) is 0.